The fourth-order valence-corrected chi connectivity index (χ4v) is 3.93. The second-order valence-corrected chi connectivity index (χ2v) is 5.96. The first-order valence-electron chi connectivity index (χ1n) is 5.29. The molecule has 0 aromatic heterocycles. The van der Waals surface area contributed by atoms with Crippen LogP contribution in [0.5, 0.6) is 0 Å². The Morgan fingerprint density at radius 1 is 1.50 bits per heavy atom. The summed E-state index contributed by atoms with van der Waals surface area (Å²) in [7, 11) is -3.02. The average molecular weight is 219 g/mol. The van der Waals surface area contributed by atoms with Crippen molar-refractivity contribution in [1.82, 2.24) is 4.31 Å². The molecule has 0 aromatic rings. The molecule has 14 heavy (non-hydrogen) atoms. The van der Waals surface area contributed by atoms with Crippen molar-refractivity contribution in [3.8, 4) is 0 Å². The van der Waals surface area contributed by atoms with Crippen molar-refractivity contribution in [2.45, 2.75) is 44.9 Å². The van der Waals surface area contributed by atoms with Crippen LogP contribution in [0.4, 0.5) is 0 Å². The number of nitrogens with zero attached hydrogens (tertiary/aromatic N) is 1. The maximum atomic E-state index is 11.8. The van der Waals surface area contributed by atoms with Gasteiger partial charge in [0.25, 0.3) is 0 Å². The van der Waals surface area contributed by atoms with Gasteiger partial charge in [0.15, 0.2) is 0 Å². The summed E-state index contributed by atoms with van der Waals surface area (Å²) in [4.78, 5) is 0. The zero-order chi connectivity index (χ0) is 10.2. The lowest BCUT2D eigenvalue weighted by Crippen LogP contribution is -2.19. The van der Waals surface area contributed by atoms with Crippen LogP contribution in [-0.4, -0.2) is 37.4 Å². The molecule has 0 N–H and O–H groups in total. The highest BCUT2D eigenvalue weighted by molar-refractivity contribution is 7.89. The van der Waals surface area contributed by atoms with Gasteiger partial charge < -0.3 is 4.74 Å². The van der Waals surface area contributed by atoms with Crippen LogP contribution in [0.3, 0.4) is 0 Å². The van der Waals surface area contributed by atoms with Crippen molar-refractivity contribution in [3.63, 3.8) is 0 Å². The topological polar surface area (TPSA) is 46.4 Å². The van der Waals surface area contributed by atoms with Gasteiger partial charge in [0.05, 0.1) is 11.8 Å². The summed E-state index contributed by atoms with van der Waals surface area (Å²) < 4.78 is 30.5. The van der Waals surface area contributed by atoms with Gasteiger partial charge in [-0.2, -0.15) is 4.31 Å². The van der Waals surface area contributed by atoms with Crippen LogP contribution < -0.4 is 0 Å². The molecule has 0 amide bonds. The summed E-state index contributed by atoms with van der Waals surface area (Å²) >= 11 is 0. The SMILES string of the molecule is CCCCS(=O)(=O)N1[C@@H]2OCCC[C@@H]21. The molecule has 4 nitrogen and oxygen atoms in total. The quantitative estimate of drug-likeness (QED) is 0.661. The summed E-state index contributed by atoms with van der Waals surface area (Å²) in [5.41, 5.74) is 0. The zero-order valence-electron chi connectivity index (χ0n) is 8.48. The summed E-state index contributed by atoms with van der Waals surface area (Å²) in [6.07, 6.45) is 3.50. The van der Waals surface area contributed by atoms with E-state index in [-0.39, 0.29) is 18.0 Å². The van der Waals surface area contributed by atoms with Gasteiger partial charge in [0.1, 0.15) is 6.23 Å². The van der Waals surface area contributed by atoms with Crippen LogP contribution >= 0.6 is 0 Å². The Labute approximate surface area is 85.3 Å². The normalized spacial score (nSPS) is 36.5. The highest BCUT2D eigenvalue weighted by Gasteiger charge is 2.56. The minimum atomic E-state index is -3.02. The number of unbranched alkanes of at least 4 members (excludes halogenated alkanes) is 1. The zero-order valence-corrected chi connectivity index (χ0v) is 9.29. The van der Waals surface area contributed by atoms with Crippen LogP contribution in [-0.2, 0) is 14.8 Å². The maximum Gasteiger partial charge on any atom is 0.216 e. The third-order valence-corrected chi connectivity index (χ3v) is 4.75. The van der Waals surface area contributed by atoms with Crippen molar-refractivity contribution in [3.05, 3.63) is 0 Å². The molecular weight excluding hydrogens is 202 g/mol. The first-order valence-corrected chi connectivity index (χ1v) is 6.90. The molecule has 2 heterocycles. The Bertz CT molecular complexity index is 289. The van der Waals surface area contributed by atoms with E-state index in [9.17, 15) is 8.42 Å². The fourth-order valence-electron chi connectivity index (χ4n) is 1.98. The number of sulfonamides is 1. The smallest absolute Gasteiger partial charge is 0.216 e. The molecule has 2 rings (SSSR count). The fraction of sp³-hybridized carbons (Fsp3) is 1.00. The Morgan fingerprint density at radius 2 is 2.29 bits per heavy atom. The van der Waals surface area contributed by atoms with Gasteiger partial charge in [-0.15, -0.1) is 0 Å². The van der Waals surface area contributed by atoms with Gasteiger partial charge in [-0.05, 0) is 19.3 Å². The second-order valence-electron chi connectivity index (χ2n) is 3.97. The number of ether oxygens (including phenoxy) is 1. The molecule has 0 spiro atoms. The van der Waals surface area contributed by atoms with Gasteiger partial charge in [-0.3, -0.25) is 0 Å². The van der Waals surface area contributed by atoms with Gasteiger partial charge >= 0.3 is 0 Å². The van der Waals surface area contributed by atoms with Crippen LogP contribution in [0.15, 0.2) is 0 Å². The monoisotopic (exact) mass is 219 g/mol. The molecular formula is C9H17NO3S. The predicted octanol–water partition coefficient (Wildman–Crippen LogP) is 0.937. The van der Waals surface area contributed by atoms with E-state index < -0.39 is 10.0 Å². The molecule has 5 heteroatoms. The number of rotatable bonds is 4. The maximum absolute atomic E-state index is 11.8. The van der Waals surface area contributed by atoms with Gasteiger partial charge in [-0.1, -0.05) is 13.3 Å². The lowest BCUT2D eigenvalue weighted by Gasteiger charge is -2.05. The van der Waals surface area contributed by atoms with Crippen LogP contribution in [0.1, 0.15) is 32.6 Å². The van der Waals surface area contributed by atoms with E-state index in [1.54, 1.807) is 4.31 Å². The first kappa shape index (κ1) is 10.4. The third-order valence-electron chi connectivity index (χ3n) is 2.83. The number of hydrogen-bond acceptors (Lipinski definition) is 3. The van der Waals surface area contributed by atoms with E-state index in [1.807, 2.05) is 6.92 Å². The minimum absolute atomic E-state index is 0.120. The van der Waals surface area contributed by atoms with E-state index >= 15 is 0 Å². The Morgan fingerprint density at radius 3 is 2.86 bits per heavy atom. The van der Waals surface area contributed by atoms with E-state index in [4.69, 9.17) is 4.74 Å². The van der Waals surface area contributed by atoms with E-state index in [0.29, 0.717) is 6.61 Å². The van der Waals surface area contributed by atoms with Gasteiger partial charge in [-0.25, -0.2) is 8.42 Å². The summed E-state index contributed by atoms with van der Waals surface area (Å²) in [6, 6.07) is 0.158. The average Bonchev–Trinajstić information content (AvgIpc) is 2.89. The van der Waals surface area contributed by atoms with Crippen LogP contribution in [0.2, 0.25) is 0 Å². The van der Waals surface area contributed by atoms with E-state index in [2.05, 4.69) is 0 Å². The molecule has 2 aliphatic heterocycles. The summed E-state index contributed by atoms with van der Waals surface area (Å²) in [5, 5.41) is 0. The highest BCUT2D eigenvalue weighted by atomic mass is 32.2. The Kier molecular flexibility index (Phi) is 2.81. The molecule has 2 saturated heterocycles. The predicted molar refractivity (Wildman–Crippen MR) is 53.3 cm³/mol. The van der Waals surface area contributed by atoms with Crippen molar-refractivity contribution in [2.24, 2.45) is 0 Å². The van der Waals surface area contributed by atoms with Gasteiger partial charge in [0.2, 0.25) is 10.0 Å². The van der Waals surface area contributed by atoms with Crippen molar-refractivity contribution >= 4 is 10.0 Å². The molecule has 82 valence electrons. The highest BCUT2D eigenvalue weighted by Crippen LogP contribution is 2.39. The van der Waals surface area contributed by atoms with Crippen molar-refractivity contribution in [2.75, 3.05) is 12.4 Å². The van der Waals surface area contributed by atoms with Crippen LogP contribution in [0.25, 0.3) is 0 Å². The minimum Gasteiger partial charge on any atom is -0.360 e. The molecule has 0 aromatic carbocycles. The molecule has 0 bridgehead atoms. The number of fused-ring (bicyclic) bond motifs is 1. The molecule has 2 fully saturated rings. The molecule has 2 aliphatic rings. The van der Waals surface area contributed by atoms with E-state index in [0.717, 1.165) is 25.7 Å². The second kappa shape index (κ2) is 3.79. The van der Waals surface area contributed by atoms with E-state index in [1.165, 1.54) is 0 Å². The summed E-state index contributed by atoms with van der Waals surface area (Å²) in [6.45, 7) is 2.71. The molecule has 3 atom stereocenters. The molecule has 0 aliphatic carbocycles. The van der Waals surface area contributed by atoms with Crippen molar-refractivity contribution < 1.29 is 13.2 Å². The van der Waals surface area contributed by atoms with Gasteiger partial charge in [0, 0.05) is 6.61 Å². The number of hydrogen-bond donors (Lipinski definition) is 0. The lowest BCUT2D eigenvalue weighted by molar-refractivity contribution is 0.0787. The van der Waals surface area contributed by atoms with Crippen molar-refractivity contribution in [1.29, 1.82) is 0 Å². The largest absolute Gasteiger partial charge is 0.360 e. The van der Waals surface area contributed by atoms with Crippen LogP contribution in [0, 0.1) is 0 Å². The molecule has 0 radical (unpaired) electrons. The lowest BCUT2D eigenvalue weighted by atomic mass is 10.2. The molecule has 1 unspecified atom stereocenters. The molecule has 0 saturated carbocycles. The summed E-state index contributed by atoms with van der Waals surface area (Å²) in [5.74, 6) is 0.278. The Balaban J connectivity index is 1.96. The third kappa shape index (κ3) is 1.81. The standard InChI is InChI=1S/C9H17NO3S/c1-2-3-7-14(11,12)10-8-5-4-6-13-9(8)10/h8-9H,2-7H2,1H3/t8-,9+,10?/m0/s1. The Hall–Kier alpha value is -0.130. The first-order chi connectivity index (χ1) is 6.67.